The van der Waals surface area contributed by atoms with E-state index in [9.17, 15) is 0 Å². The van der Waals surface area contributed by atoms with Crippen LogP contribution in [0.15, 0.2) is 219 Å². The summed E-state index contributed by atoms with van der Waals surface area (Å²) in [6.07, 6.45) is 3.28. The van der Waals surface area contributed by atoms with Crippen molar-refractivity contribution in [3.8, 4) is 55.6 Å². The first kappa shape index (κ1) is 36.1. The highest BCUT2D eigenvalue weighted by Gasteiger charge is 2.36. The van der Waals surface area contributed by atoms with Crippen molar-refractivity contribution in [2.45, 2.75) is 19.3 Å². The van der Waals surface area contributed by atoms with Gasteiger partial charge in [-0.3, -0.25) is 0 Å². The molecule has 59 heavy (non-hydrogen) atoms. The lowest BCUT2D eigenvalue weighted by atomic mass is 9.81. The molecule has 0 atom stereocenters. The van der Waals surface area contributed by atoms with Gasteiger partial charge in [0.1, 0.15) is 0 Å². The first-order chi connectivity index (χ1) is 28.9. The Hall–Kier alpha value is -7.28. The van der Waals surface area contributed by atoms with Gasteiger partial charge in [-0.25, -0.2) is 0 Å². The predicted molar refractivity (Wildman–Crippen MR) is 256 cm³/mol. The molecule has 11 rings (SSSR count). The fourth-order valence-electron chi connectivity index (χ4n) is 9.53. The molecule has 10 aromatic carbocycles. The number of benzene rings is 10. The largest absolute Gasteiger partial charge is 0.0991 e. The highest BCUT2D eigenvalue weighted by molar-refractivity contribution is 6.21. The minimum absolute atomic E-state index is 0.0878. The summed E-state index contributed by atoms with van der Waals surface area (Å²) in [6.45, 7) is 11.5. The Morgan fingerprint density at radius 3 is 1.37 bits per heavy atom. The van der Waals surface area contributed by atoms with Crippen LogP contribution in [-0.2, 0) is 5.41 Å². The number of fused-ring (bicyclic) bond motifs is 7. The molecule has 280 valence electrons. The molecule has 0 aliphatic heterocycles. The molecule has 0 bridgehead atoms. The second-order valence-electron chi connectivity index (χ2n) is 16.1. The van der Waals surface area contributed by atoms with Crippen molar-refractivity contribution in [1.82, 2.24) is 0 Å². The van der Waals surface area contributed by atoms with Crippen molar-refractivity contribution >= 4 is 43.1 Å². The summed E-state index contributed by atoms with van der Waals surface area (Å²) in [6, 6.07) is 72.2. The Kier molecular flexibility index (Phi) is 8.92. The maximum absolute atomic E-state index is 3.36. The molecule has 0 heterocycles. The summed E-state index contributed by atoms with van der Waals surface area (Å²) in [7, 11) is 0. The van der Waals surface area contributed by atoms with E-state index in [0.29, 0.717) is 0 Å². The van der Waals surface area contributed by atoms with Crippen LogP contribution in [0.1, 0.15) is 25.0 Å². The summed E-state index contributed by atoms with van der Waals surface area (Å²) in [5, 5.41) is 10.2. The van der Waals surface area contributed by atoms with Crippen molar-refractivity contribution < 1.29 is 0 Å². The number of hydrogen-bond donors (Lipinski definition) is 0. The van der Waals surface area contributed by atoms with Gasteiger partial charge in [-0.15, -0.1) is 0 Å². The third kappa shape index (κ3) is 6.08. The molecule has 0 amide bonds. The Bertz CT molecular complexity index is 3210. The van der Waals surface area contributed by atoms with Gasteiger partial charge >= 0.3 is 0 Å². The van der Waals surface area contributed by atoms with Gasteiger partial charge < -0.3 is 0 Å². The molecule has 0 heteroatoms. The first-order valence-electron chi connectivity index (χ1n) is 20.5. The van der Waals surface area contributed by atoms with E-state index in [0.717, 1.165) is 0 Å². The van der Waals surface area contributed by atoms with E-state index in [1.54, 1.807) is 12.2 Å². The molecular formula is C59H44. The molecule has 0 nitrogen and oxygen atoms in total. The van der Waals surface area contributed by atoms with Gasteiger partial charge in [0.05, 0.1) is 0 Å². The Balaban J connectivity index is 0.00000101. The number of allylic oxidation sites excluding steroid dienone is 2. The SMILES string of the molecule is C=CC=C.CC1(C)c2cc(-c3cccc(-c4c5ccccc5c(-c5cccc(-c6cccc7ccccc67)c5)c5ccccc45)c3)ccc2-c2cc3ccccc3cc21. The minimum Gasteiger partial charge on any atom is -0.0991 e. The van der Waals surface area contributed by atoms with E-state index in [1.807, 2.05) is 0 Å². The fraction of sp³-hybridized carbons (Fsp3) is 0.0508. The van der Waals surface area contributed by atoms with Crippen molar-refractivity contribution in [2.24, 2.45) is 0 Å². The number of rotatable bonds is 5. The smallest absolute Gasteiger partial charge is 0.0159 e. The summed E-state index contributed by atoms with van der Waals surface area (Å²) in [5.74, 6) is 0. The molecule has 0 spiro atoms. The zero-order valence-electron chi connectivity index (χ0n) is 33.5. The molecule has 10 aromatic rings. The van der Waals surface area contributed by atoms with Crippen molar-refractivity contribution in [3.05, 3.63) is 231 Å². The molecule has 0 unspecified atom stereocenters. The van der Waals surface area contributed by atoms with Crippen LogP contribution in [0.3, 0.4) is 0 Å². The second kappa shape index (κ2) is 14.6. The highest BCUT2D eigenvalue weighted by atomic mass is 14.4. The van der Waals surface area contributed by atoms with Gasteiger partial charge in [-0.2, -0.15) is 0 Å². The standard InChI is InChI=1S/C55H38.C4H6/c1-55(2)51-34-39(28-29-45(51)50-32-37-15-3-4-16-38(37)33-52(50)55)36-18-11-20-41(30-36)53-46-23-7-9-25-48(46)54(49-26-10-8-24-47(49)53)42-21-12-19-40(31-42)44-27-13-17-35-14-5-6-22-43(35)44;1-3-4-2/h3-34H,1-2H3;3-4H,1-2H2. The van der Waals surface area contributed by atoms with E-state index in [-0.39, 0.29) is 5.41 Å². The first-order valence-corrected chi connectivity index (χ1v) is 20.5. The molecule has 0 aromatic heterocycles. The Morgan fingerprint density at radius 1 is 0.322 bits per heavy atom. The normalized spacial score (nSPS) is 12.5. The minimum atomic E-state index is -0.0878. The molecule has 1 aliphatic carbocycles. The average Bonchev–Trinajstić information content (AvgIpc) is 3.51. The maximum Gasteiger partial charge on any atom is 0.0159 e. The van der Waals surface area contributed by atoms with Gasteiger partial charge in [0.25, 0.3) is 0 Å². The summed E-state index contributed by atoms with van der Waals surface area (Å²) >= 11 is 0. The zero-order chi connectivity index (χ0) is 40.1. The predicted octanol–water partition coefficient (Wildman–Crippen LogP) is 16.6. The summed E-state index contributed by atoms with van der Waals surface area (Å²) in [5.41, 5.74) is 15.4. The highest BCUT2D eigenvalue weighted by Crippen LogP contribution is 2.51. The van der Waals surface area contributed by atoms with Crippen LogP contribution in [0.4, 0.5) is 0 Å². The molecule has 0 N–H and O–H groups in total. The molecule has 1 aliphatic rings. The average molecular weight is 753 g/mol. The van der Waals surface area contributed by atoms with E-state index in [2.05, 4.69) is 221 Å². The summed E-state index contributed by atoms with van der Waals surface area (Å²) < 4.78 is 0. The molecular weight excluding hydrogens is 709 g/mol. The van der Waals surface area contributed by atoms with E-state index < -0.39 is 0 Å². The Morgan fingerprint density at radius 2 is 0.763 bits per heavy atom. The molecule has 0 saturated heterocycles. The lowest BCUT2D eigenvalue weighted by molar-refractivity contribution is 0.661. The monoisotopic (exact) mass is 752 g/mol. The lowest BCUT2D eigenvalue weighted by Gasteiger charge is -2.22. The van der Waals surface area contributed by atoms with E-state index in [4.69, 9.17) is 0 Å². The molecule has 0 radical (unpaired) electrons. The van der Waals surface area contributed by atoms with Gasteiger partial charge in [-0.1, -0.05) is 203 Å². The number of hydrogen-bond acceptors (Lipinski definition) is 0. The third-order valence-corrected chi connectivity index (χ3v) is 12.4. The quantitative estimate of drug-likeness (QED) is 0.121. The van der Waals surface area contributed by atoms with Crippen molar-refractivity contribution in [3.63, 3.8) is 0 Å². The lowest BCUT2D eigenvalue weighted by Crippen LogP contribution is -2.15. The van der Waals surface area contributed by atoms with Crippen LogP contribution in [0.5, 0.6) is 0 Å². The van der Waals surface area contributed by atoms with Crippen LogP contribution in [0.25, 0.3) is 98.7 Å². The summed E-state index contributed by atoms with van der Waals surface area (Å²) in [4.78, 5) is 0. The maximum atomic E-state index is 3.36. The van der Waals surface area contributed by atoms with E-state index in [1.165, 1.54) is 110 Å². The van der Waals surface area contributed by atoms with Crippen LogP contribution in [0.2, 0.25) is 0 Å². The molecule has 0 saturated carbocycles. The van der Waals surface area contributed by atoms with Gasteiger partial charge in [0.2, 0.25) is 0 Å². The van der Waals surface area contributed by atoms with Crippen molar-refractivity contribution in [1.29, 1.82) is 0 Å². The van der Waals surface area contributed by atoms with Crippen molar-refractivity contribution in [2.75, 3.05) is 0 Å². The van der Waals surface area contributed by atoms with Crippen LogP contribution < -0.4 is 0 Å². The fourth-order valence-corrected chi connectivity index (χ4v) is 9.53. The van der Waals surface area contributed by atoms with Crippen LogP contribution >= 0.6 is 0 Å². The van der Waals surface area contributed by atoms with Crippen LogP contribution in [-0.4, -0.2) is 0 Å². The molecule has 0 fully saturated rings. The van der Waals surface area contributed by atoms with Gasteiger partial charge in [0.15, 0.2) is 0 Å². The Labute approximate surface area is 347 Å². The van der Waals surface area contributed by atoms with E-state index >= 15 is 0 Å². The third-order valence-electron chi connectivity index (χ3n) is 12.4. The second-order valence-corrected chi connectivity index (χ2v) is 16.1. The topological polar surface area (TPSA) is 0 Å². The zero-order valence-corrected chi connectivity index (χ0v) is 33.5. The van der Waals surface area contributed by atoms with Crippen LogP contribution in [0, 0.1) is 0 Å². The van der Waals surface area contributed by atoms with Gasteiger partial charge in [-0.05, 0) is 140 Å². The van der Waals surface area contributed by atoms with Gasteiger partial charge in [0, 0.05) is 5.41 Å².